The zero-order valence-electron chi connectivity index (χ0n) is 11.6. The Morgan fingerprint density at radius 1 is 1.18 bits per heavy atom. The van der Waals surface area contributed by atoms with Crippen molar-refractivity contribution in [2.24, 2.45) is 5.10 Å². The lowest BCUT2D eigenvalue weighted by Crippen LogP contribution is -2.19. The molecule has 0 atom stereocenters. The number of carbonyl (C=O) groups excluding carboxylic acids is 1. The van der Waals surface area contributed by atoms with Crippen LogP contribution in [0.15, 0.2) is 53.6 Å². The normalized spacial score (nSPS) is 11.1. The summed E-state index contributed by atoms with van der Waals surface area (Å²) in [6.07, 6.45) is 0. The SMILES string of the molecule is C/C(=N\NC(=O)c1cccc(F)c1)c1cccc([N+](=O)[O-])c1. The number of non-ortho nitro benzene ring substituents is 1. The molecule has 0 saturated heterocycles. The predicted molar refractivity (Wildman–Crippen MR) is 79.2 cm³/mol. The van der Waals surface area contributed by atoms with E-state index in [1.165, 1.54) is 36.4 Å². The largest absolute Gasteiger partial charge is 0.271 e. The molecule has 0 aromatic heterocycles. The number of carbonyl (C=O) groups is 1. The zero-order valence-corrected chi connectivity index (χ0v) is 11.6. The van der Waals surface area contributed by atoms with Crippen LogP contribution in [0.25, 0.3) is 0 Å². The van der Waals surface area contributed by atoms with E-state index >= 15 is 0 Å². The van der Waals surface area contributed by atoms with E-state index in [2.05, 4.69) is 10.5 Å². The summed E-state index contributed by atoms with van der Waals surface area (Å²) >= 11 is 0. The van der Waals surface area contributed by atoms with E-state index in [0.29, 0.717) is 11.3 Å². The average molecular weight is 301 g/mol. The Labute approximate surface area is 125 Å². The third-order valence-electron chi connectivity index (χ3n) is 2.89. The fraction of sp³-hybridized carbons (Fsp3) is 0.0667. The van der Waals surface area contributed by atoms with Crippen LogP contribution in [0.4, 0.5) is 10.1 Å². The van der Waals surface area contributed by atoms with Crippen molar-refractivity contribution in [3.63, 3.8) is 0 Å². The van der Waals surface area contributed by atoms with Crippen LogP contribution in [0.5, 0.6) is 0 Å². The number of nitro benzene ring substituents is 1. The molecule has 0 aliphatic heterocycles. The van der Waals surface area contributed by atoms with Crippen LogP contribution in [0.3, 0.4) is 0 Å². The van der Waals surface area contributed by atoms with Gasteiger partial charge in [-0.3, -0.25) is 14.9 Å². The maximum atomic E-state index is 13.0. The van der Waals surface area contributed by atoms with Gasteiger partial charge in [0, 0.05) is 23.3 Å². The molecule has 0 fully saturated rings. The van der Waals surface area contributed by atoms with Crippen molar-refractivity contribution in [2.75, 3.05) is 0 Å². The molecule has 6 nitrogen and oxygen atoms in total. The lowest BCUT2D eigenvalue weighted by atomic mass is 10.1. The first kappa shape index (κ1) is 15.3. The molecule has 0 spiro atoms. The van der Waals surface area contributed by atoms with Crippen molar-refractivity contribution >= 4 is 17.3 Å². The molecule has 0 heterocycles. The molecule has 1 N–H and O–H groups in total. The quantitative estimate of drug-likeness (QED) is 0.535. The molecule has 0 unspecified atom stereocenters. The van der Waals surface area contributed by atoms with Crippen molar-refractivity contribution in [1.82, 2.24) is 5.43 Å². The maximum Gasteiger partial charge on any atom is 0.271 e. The summed E-state index contributed by atoms with van der Waals surface area (Å²) < 4.78 is 13.0. The van der Waals surface area contributed by atoms with E-state index < -0.39 is 16.6 Å². The molecule has 0 bridgehead atoms. The van der Waals surface area contributed by atoms with Crippen molar-refractivity contribution in [3.05, 3.63) is 75.6 Å². The number of nitrogens with one attached hydrogen (secondary N) is 1. The Kier molecular flexibility index (Phi) is 4.57. The number of rotatable bonds is 4. The van der Waals surface area contributed by atoms with Crippen LogP contribution >= 0.6 is 0 Å². The second-order valence-corrected chi connectivity index (χ2v) is 4.46. The Balaban J connectivity index is 2.14. The van der Waals surface area contributed by atoms with Gasteiger partial charge in [0.25, 0.3) is 11.6 Å². The first-order chi connectivity index (χ1) is 10.5. The second kappa shape index (κ2) is 6.57. The van der Waals surface area contributed by atoms with Gasteiger partial charge in [-0.2, -0.15) is 5.10 Å². The van der Waals surface area contributed by atoms with E-state index in [9.17, 15) is 19.3 Å². The van der Waals surface area contributed by atoms with E-state index in [0.717, 1.165) is 6.07 Å². The fourth-order valence-corrected chi connectivity index (χ4v) is 1.74. The van der Waals surface area contributed by atoms with Gasteiger partial charge in [-0.15, -0.1) is 0 Å². The standard InChI is InChI=1S/C15H12FN3O3/c1-10(11-4-3-7-14(9-11)19(21)22)17-18-15(20)12-5-2-6-13(16)8-12/h2-9H,1H3,(H,18,20)/b17-10+. The van der Waals surface area contributed by atoms with Crippen LogP contribution in [-0.4, -0.2) is 16.5 Å². The van der Waals surface area contributed by atoms with Gasteiger partial charge in [0.05, 0.1) is 10.6 Å². The monoisotopic (exact) mass is 301 g/mol. The predicted octanol–water partition coefficient (Wildman–Crippen LogP) is 2.89. The summed E-state index contributed by atoms with van der Waals surface area (Å²) in [7, 11) is 0. The number of hydrogen-bond acceptors (Lipinski definition) is 4. The Hall–Kier alpha value is -3.09. The summed E-state index contributed by atoms with van der Waals surface area (Å²) in [6, 6.07) is 11.1. The van der Waals surface area contributed by atoms with Gasteiger partial charge in [-0.25, -0.2) is 9.82 Å². The van der Waals surface area contributed by atoms with Crippen LogP contribution in [-0.2, 0) is 0 Å². The lowest BCUT2D eigenvalue weighted by Gasteiger charge is -2.03. The summed E-state index contributed by atoms with van der Waals surface area (Å²) in [6.45, 7) is 1.60. The van der Waals surface area contributed by atoms with Crippen LogP contribution in [0.1, 0.15) is 22.8 Å². The average Bonchev–Trinajstić information content (AvgIpc) is 2.52. The zero-order chi connectivity index (χ0) is 16.1. The molecule has 2 rings (SSSR count). The van der Waals surface area contributed by atoms with Crippen molar-refractivity contribution < 1.29 is 14.1 Å². The van der Waals surface area contributed by atoms with Gasteiger partial charge in [0.2, 0.25) is 0 Å². The number of nitro groups is 1. The van der Waals surface area contributed by atoms with Gasteiger partial charge >= 0.3 is 0 Å². The molecular formula is C15H12FN3O3. The molecule has 0 radical (unpaired) electrons. The highest BCUT2D eigenvalue weighted by atomic mass is 19.1. The second-order valence-electron chi connectivity index (χ2n) is 4.46. The Morgan fingerprint density at radius 3 is 2.55 bits per heavy atom. The number of hydrogen-bond donors (Lipinski definition) is 1. The van der Waals surface area contributed by atoms with E-state index in [-0.39, 0.29) is 11.3 Å². The van der Waals surface area contributed by atoms with Gasteiger partial charge in [-0.05, 0) is 25.1 Å². The smallest absolute Gasteiger partial charge is 0.267 e. The molecule has 0 aliphatic rings. The lowest BCUT2D eigenvalue weighted by molar-refractivity contribution is -0.384. The Morgan fingerprint density at radius 2 is 1.86 bits per heavy atom. The molecule has 22 heavy (non-hydrogen) atoms. The van der Waals surface area contributed by atoms with Gasteiger partial charge in [-0.1, -0.05) is 18.2 Å². The molecule has 0 saturated carbocycles. The number of halogens is 1. The first-order valence-electron chi connectivity index (χ1n) is 6.32. The molecule has 2 aromatic rings. The van der Waals surface area contributed by atoms with Gasteiger partial charge < -0.3 is 0 Å². The van der Waals surface area contributed by atoms with Gasteiger partial charge in [0.1, 0.15) is 5.82 Å². The fourth-order valence-electron chi connectivity index (χ4n) is 1.74. The number of benzene rings is 2. The highest BCUT2D eigenvalue weighted by molar-refractivity contribution is 6.01. The molecule has 112 valence electrons. The molecule has 7 heteroatoms. The summed E-state index contributed by atoms with van der Waals surface area (Å²) in [5.41, 5.74) is 3.26. The number of amides is 1. The van der Waals surface area contributed by atoms with E-state index in [4.69, 9.17) is 0 Å². The van der Waals surface area contributed by atoms with Gasteiger partial charge in [0.15, 0.2) is 0 Å². The molecular weight excluding hydrogens is 289 g/mol. The van der Waals surface area contributed by atoms with Crippen LogP contribution in [0, 0.1) is 15.9 Å². The van der Waals surface area contributed by atoms with Crippen molar-refractivity contribution in [3.8, 4) is 0 Å². The molecule has 0 aliphatic carbocycles. The summed E-state index contributed by atoms with van der Waals surface area (Å²) in [5.74, 6) is -1.09. The van der Waals surface area contributed by atoms with Crippen LogP contribution < -0.4 is 5.43 Å². The minimum Gasteiger partial charge on any atom is -0.267 e. The summed E-state index contributed by atoms with van der Waals surface area (Å²) in [4.78, 5) is 22.0. The Bertz CT molecular complexity index is 759. The first-order valence-corrected chi connectivity index (χ1v) is 6.32. The highest BCUT2D eigenvalue weighted by Gasteiger charge is 2.09. The highest BCUT2D eigenvalue weighted by Crippen LogP contribution is 2.13. The number of nitrogens with zero attached hydrogens (tertiary/aromatic N) is 2. The van der Waals surface area contributed by atoms with Crippen LogP contribution in [0.2, 0.25) is 0 Å². The topological polar surface area (TPSA) is 84.6 Å². The van der Waals surface area contributed by atoms with E-state index in [1.807, 2.05) is 0 Å². The third-order valence-corrected chi connectivity index (χ3v) is 2.89. The minimum atomic E-state index is -0.565. The summed E-state index contributed by atoms with van der Waals surface area (Å²) in [5, 5.41) is 14.6. The number of hydrazone groups is 1. The molecule has 2 aromatic carbocycles. The van der Waals surface area contributed by atoms with Crippen molar-refractivity contribution in [1.29, 1.82) is 0 Å². The molecule has 1 amide bonds. The van der Waals surface area contributed by atoms with E-state index in [1.54, 1.807) is 13.0 Å². The third kappa shape index (κ3) is 3.72. The minimum absolute atomic E-state index is 0.0662. The maximum absolute atomic E-state index is 13.0. The van der Waals surface area contributed by atoms with Crippen molar-refractivity contribution in [2.45, 2.75) is 6.92 Å².